The Morgan fingerprint density at radius 2 is 1.95 bits per heavy atom. The third-order valence-electron chi connectivity index (χ3n) is 4.55. The summed E-state index contributed by atoms with van der Waals surface area (Å²) in [4.78, 5) is 26.3. The van der Waals surface area contributed by atoms with Gasteiger partial charge in [0.05, 0.1) is 11.1 Å². The van der Waals surface area contributed by atoms with Crippen molar-refractivity contribution in [2.45, 2.75) is 18.4 Å². The van der Waals surface area contributed by atoms with Crippen molar-refractivity contribution >= 4 is 23.2 Å². The molecule has 0 N–H and O–H groups in total. The first-order chi connectivity index (χ1) is 10.7. The van der Waals surface area contributed by atoms with E-state index in [4.69, 9.17) is 4.74 Å². The summed E-state index contributed by atoms with van der Waals surface area (Å²) >= 11 is 1.52. The summed E-state index contributed by atoms with van der Waals surface area (Å²) in [5.41, 5.74) is 1.84. The number of fused-ring (bicyclic) bond motifs is 2. The molecule has 4 nitrogen and oxygen atoms in total. The van der Waals surface area contributed by atoms with Crippen molar-refractivity contribution in [1.29, 1.82) is 0 Å². The number of esters is 1. The van der Waals surface area contributed by atoms with Crippen LogP contribution in [0.15, 0.2) is 41.1 Å². The topological polar surface area (TPSA) is 46.6 Å². The van der Waals surface area contributed by atoms with Crippen LogP contribution in [-0.2, 0) is 10.3 Å². The van der Waals surface area contributed by atoms with E-state index in [1.54, 1.807) is 0 Å². The van der Waals surface area contributed by atoms with Crippen molar-refractivity contribution in [3.8, 4) is 0 Å². The second kappa shape index (κ2) is 4.95. The van der Waals surface area contributed by atoms with Gasteiger partial charge in [-0.3, -0.25) is 4.79 Å². The summed E-state index contributed by atoms with van der Waals surface area (Å²) in [5.74, 6) is -0.179. The fraction of sp³-hybridized carbons (Fsp3) is 0.294. The number of hydrogen-bond acceptors (Lipinski definition) is 4. The van der Waals surface area contributed by atoms with E-state index in [2.05, 4.69) is 0 Å². The molecule has 1 aromatic heterocycles. The number of carbonyl (C=O) groups is 2. The van der Waals surface area contributed by atoms with E-state index in [9.17, 15) is 9.59 Å². The summed E-state index contributed by atoms with van der Waals surface area (Å²) < 4.78 is 5.70. The van der Waals surface area contributed by atoms with Crippen LogP contribution in [0.4, 0.5) is 0 Å². The fourth-order valence-corrected chi connectivity index (χ4v) is 3.99. The van der Waals surface area contributed by atoms with Crippen molar-refractivity contribution in [2.75, 3.05) is 13.1 Å². The number of likely N-dealkylation sites (tertiary alicyclic amines) is 1. The normalized spacial score (nSPS) is 19.1. The molecule has 0 unspecified atom stereocenters. The van der Waals surface area contributed by atoms with Crippen molar-refractivity contribution in [3.63, 3.8) is 0 Å². The Bertz CT molecular complexity index is 730. The molecule has 2 aliphatic heterocycles. The molecule has 0 radical (unpaired) electrons. The van der Waals surface area contributed by atoms with E-state index in [1.165, 1.54) is 11.3 Å². The lowest BCUT2D eigenvalue weighted by atomic mass is 9.83. The quantitative estimate of drug-likeness (QED) is 0.760. The second-order valence-electron chi connectivity index (χ2n) is 5.73. The highest BCUT2D eigenvalue weighted by Crippen LogP contribution is 2.44. The zero-order valence-electron chi connectivity index (χ0n) is 12.0. The van der Waals surface area contributed by atoms with Crippen LogP contribution in [0, 0.1) is 0 Å². The maximum absolute atomic E-state index is 12.4. The van der Waals surface area contributed by atoms with Crippen molar-refractivity contribution in [1.82, 2.24) is 4.90 Å². The molecule has 112 valence electrons. The molecule has 1 saturated heterocycles. The Kier molecular flexibility index (Phi) is 3.04. The summed E-state index contributed by atoms with van der Waals surface area (Å²) in [7, 11) is 0. The molecule has 1 fully saturated rings. The molecular weight excluding hydrogens is 298 g/mol. The van der Waals surface area contributed by atoms with E-state index in [-0.39, 0.29) is 11.9 Å². The van der Waals surface area contributed by atoms with Crippen molar-refractivity contribution < 1.29 is 14.3 Å². The van der Waals surface area contributed by atoms with Crippen LogP contribution >= 0.6 is 11.3 Å². The second-order valence-corrected chi connectivity index (χ2v) is 6.51. The average Bonchev–Trinajstić information content (AvgIpc) is 3.17. The number of benzene rings is 1. The van der Waals surface area contributed by atoms with Crippen molar-refractivity contribution in [2.24, 2.45) is 0 Å². The summed E-state index contributed by atoms with van der Waals surface area (Å²) in [6, 6.07) is 9.42. The largest absolute Gasteiger partial charge is 0.450 e. The van der Waals surface area contributed by atoms with Gasteiger partial charge < -0.3 is 9.64 Å². The monoisotopic (exact) mass is 313 g/mol. The highest BCUT2D eigenvalue weighted by Gasteiger charge is 2.47. The smallest absolute Gasteiger partial charge is 0.339 e. The molecule has 0 atom stereocenters. The Balaban J connectivity index is 1.55. The molecule has 1 aromatic carbocycles. The third-order valence-corrected chi connectivity index (χ3v) is 5.24. The van der Waals surface area contributed by atoms with Gasteiger partial charge in [0, 0.05) is 36.9 Å². The van der Waals surface area contributed by atoms with Gasteiger partial charge in [0.2, 0.25) is 0 Å². The zero-order valence-corrected chi connectivity index (χ0v) is 12.8. The minimum atomic E-state index is -0.543. The number of thiophene rings is 1. The number of ether oxygens (including phenoxy) is 1. The van der Waals surface area contributed by atoms with E-state index < -0.39 is 5.60 Å². The molecule has 22 heavy (non-hydrogen) atoms. The molecule has 0 bridgehead atoms. The lowest BCUT2D eigenvalue weighted by molar-refractivity contribution is -0.0389. The Labute approximate surface area is 132 Å². The van der Waals surface area contributed by atoms with Crippen LogP contribution in [0.3, 0.4) is 0 Å². The highest BCUT2D eigenvalue weighted by atomic mass is 32.1. The molecule has 1 spiro atoms. The molecule has 0 saturated carbocycles. The predicted octanol–water partition coefficient (Wildman–Crippen LogP) is 3.05. The molecular formula is C17H15NO3S. The standard InChI is InChI=1S/C17H15NO3S/c19-15(12-5-10-22-11-12)18-8-6-17(7-9-18)14-4-2-1-3-13(14)16(20)21-17/h1-5,10-11H,6-9H2. The maximum atomic E-state index is 12.4. The van der Waals surface area contributed by atoms with Crippen LogP contribution in [0.25, 0.3) is 0 Å². The van der Waals surface area contributed by atoms with E-state index in [0.717, 1.165) is 11.1 Å². The average molecular weight is 313 g/mol. The molecule has 2 aliphatic rings. The Morgan fingerprint density at radius 3 is 2.68 bits per heavy atom. The molecule has 5 heteroatoms. The number of piperidine rings is 1. The first kappa shape index (κ1) is 13.5. The van der Waals surface area contributed by atoms with E-state index in [0.29, 0.717) is 31.5 Å². The predicted molar refractivity (Wildman–Crippen MR) is 83.0 cm³/mol. The van der Waals surface area contributed by atoms with Gasteiger partial charge in [0.25, 0.3) is 5.91 Å². The van der Waals surface area contributed by atoms with Gasteiger partial charge in [0.1, 0.15) is 5.60 Å². The highest BCUT2D eigenvalue weighted by molar-refractivity contribution is 7.08. The van der Waals surface area contributed by atoms with Crippen LogP contribution in [0.2, 0.25) is 0 Å². The number of rotatable bonds is 1. The Hall–Kier alpha value is -2.14. The summed E-state index contributed by atoms with van der Waals surface area (Å²) in [5, 5.41) is 3.78. The number of hydrogen-bond donors (Lipinski definition) is 0. The van der Waals surface area contributed by atoms with Gasteiger partial charge in [-0.25, -0.2) is 4.79 Å². The molecule has 1 amide bonds. The first-order valence-corrected chi connectivity index (χ1v) is 8.28. The minimum Gasteiger partial charge on any atom is -0.450 e. The lowest BCUT2D eigenvalue weighted by Gasteiger charge is -2.38. The molecule has 2 aromatic rings. The van der Waals surface area contributed by atoms with Gasteiger partial charge >= 0.3 is 5.97 Å². The van der Waals surface area contributed by atoms with E-state index >= 15 is 0 Å². The Morgan fingerprint density at radius 1 is 1.18 bits per heavy atom. The van der Waals surface area contributed by atoms with Crippen LogP contribution in [0.5, 0.6) is 0 Å². The summed E-state index contributed by atoms with van der Waals surface area (Å²) in [6.45, 7) is 1.21. The first-order valence-electron chi connectivity index (χ1n) is 7.34. The van der Waals surface area contributed by atoms with Gasteiger partial charge in [0.15, 0.2) is 0 Å². The zero-order chi connectivity index (χ0) is 15.2. The van der Waals surface area contributed by atoms with Crippen LogP contribution in [0.1, 0.15) is 39.1 Å². The fourth-order valence-electron chi connectivity index (χ4n) is 3.36. The molecule has 3 heterocycles. The number of amides is 1. The van der Waals surface area contributed by atoms with E-state index in [1.807, 2.05) is 46.0 Å². The molecule has 0 aliphatic carbocycles. The number of carbonyl (C=O) groups excluding carboxylic acids is 2. The SMILES string of the molecule is O=C1OC2(CCN(C(=O)c3ccsc3)CC2)c2ccccc21. The van der Waals surface area contributed by atoms with Gasteiger partial charge in [-0.1, -0.05) is 18.2 Å². The van der Waals surface area contributed by atoms with Gasteiger partial charge in [-0.2, -0.15) is 11.3 Å². The van der Waals surface area contributed by atoms with Crippen LogP contribution < -0.4 is 0 Å². The van der Waals surface area contributed by atoms with Crippen molar-refractivity contribution in [3.05, 3.63) is 57.8 Å². The third kappa shape index (κ3) is 1.96. The summed E-state index contributed by atoms with van der Waals surface area (Å²) in [6.07, 6.45) is 1.32. The van der Waals surface area contributed by atoms with Crippen LogP contribution in [-0.4, -0.2) is 29.9 Å². The van der Waals surface area contributed by atoms with Gasteiger partial charge in [-0.15, -0.1) is 0 Å². The number of nitrogens with zero attached hydrogens (tertiary/aromatic N) is 1. The maximum Gasteiger partial charge on any atom is 0.339 e. The molecule has 4 rings (SSSR count). The lowest BCUT2D eigenvalue weighted by Crippen LogP contribution is -2.45. The van der Waals surface area contributed by atoms with Gasteiger partial charge in [-0.05, 0) is 17.5 Å². The minimum absolute atomic E-state index is 0.0636.